The molecule has 0 saturated carbocycles. The molecule has 0 amide bonds. The molecular weight excluding hydrogens is 323 g/mol. The molecular formula is C12H16ClF5OS. The predicted octanol–water partition coefficient (Wildman–Crippen LogP) is 4.79. The third kappa shape index (κ3) is 8.72. The zero-order chi connectivity index (χ0) is 15.6. The average molecular weight is 339 g/mol. The summed E-state index contributed by atoms with van der Waals surface area (Å²) in [6.45, 7) is 0. The van der Waals surface area contributed by atoms with Gasteiger partial charge in [-0.05, 0) is 31.8 Å². The van der Waals surface area contributed by atoms with E-state index in [1.807, 2.05) is 0 Å². The minimum absolute atomic E-state index is 0.242. The third-order valence-corrected chi connectivity index (χ3v) is 3.66. The number of hydrogen-bond donors (Lipinski definition) is 0. The van der Waals surface area contributed by atoms with Crippen molar-refractivity contribution in [1.82, 2.24) is 0 Å². The fourth-order valence-corrected chi connectivity index (χ4v) is 2.17. The molecule has 0 bridgehead atoms. The molecule has 0 aromatic carbocycles. The van der Waals surface area contributed by atoms with E-state index < -0.39 is 35.7 Å². The Morgan fingerprint density at radius 2 is 1.75 bits per heavy atom. The van der Waals surface area contributed by atoms with Gasteiger partial charge in [-0.15, -0.1) is 17.3 Å². The van der Waals surface area contributed by atoms with Crippen molar-refractivity contribution >= 4 is 22.4 Å². The highest BCUT2D eigenvalue weighted by Crippen LogP contribution is 2.38. The maximum absolute atomic E-state index is 12.5. The smallest absolute Gasteiger partial charge is 0.254 e. The number of unbranched alkanes of at least 4 members (excludes halogenated alkanes) is 2. The first-order valence-corrected chi connectivity index (χ1v) is 7.91. The Morgan fingerprint density at radius 3 is 2.30 bits per heavy atom. The van der Waals surface area contributed by atoms with Crippen LogP contribution in [0.4, 0.5) is 22.0 Å². The molecule has 0 radical (unpaired) electrons. The Morgan fingerprint density at radius 1 is 1.10 bits per heavy atom. The van der Waals surface area contributed by atoms with E-state index in [0.29, 0.717) is 12.3 Å². The van der Waals surface area contributed by atoms with E-state index in [-0.39, 0.29) is 5.75 Å². The van der Waals surface area contributed by atoms with E-state index in [2.05, 4.69) is 5.73 Å². The molecule has 0 aromatic rings. The van der Waals surface area contributed by atoms with Gasteiger partial charge in [0.25, 0.3) is 0 Å². The minimum atomic E-state index is -5.55. The summed E-state index contributed by atoms with van der Waals surface area (Å²) < 4.78 is 71.9. The summed E-state index contributed by atoms with van der Waals surface area (Å²) in [5.41, 5.74) is 2.62. The Hall–Kier alpha value is -0.390. The molecule has 1 nitrogen and oxygen atoms in total. The van der Waals surface area contributed by atoms with Crippen molar-refractivity contribution in [3.05, 3.63) is 17.2 Å². The molecule has 1 atom stereocenters. The summed E-state index contributed by atoms with van der Waals surface area (Å²) in [6.07, 6.45) is -3.34. The topological polar surface area (TPSA) is 17.1 Å². The Balaban J connectivity index is 3.98. The second-order valence-electron chi connectivity index (χ2n) is 4.06. The van der Waals surface area contributed by atoms with Crippen LogP contribution in [0.5, 0.6) is 0 Å². The van der Waals surface area contributed by atoms with Crippen LogP contribution < -0.4 is 0 Å². The summed E-state index contributed by atoms with van der Waals surface area (Å²) in [6, 6.07) is 0. The summed E-state index contributed by atoms with van der Waals surface area (Å²) in [5.74, 6) is -4.41. The first-order valence-electron chi connectivity index (χ1n) is 5.99. The van der Waals surface area contributed by atoms with Crippen molar-refractivity contribution < 1.29 is 26.2 Å². The zero-order valence-electron chi connectivity index (χ0n) is 10.7. The summed E-state index contributed by atoms with van der Waals surface area (Å²) in [5, 5.41) is 1.17. The van der Waals surface area contributed by atoms with Gasteiger partial charge in [-0.3, -0.25) is 4.21 Å². The van der Waals surface area contributed by atoms with Gasteiger partial charge >= 0.3 is 12.1 Å². The fraction of sp³-hybridized carbons (Fsp3) is 0.750. The molecule has 118 valence electrons. The molecule has 1 unspecified atom stereocenters. The lowest BCUT2D eigenvalue weighted by Gasteiger charge is -2.18. The van der Waals surface area contributed by atoms with Gasteiger partial charge in [0, 0.05) is 23.5 Å². The van der Waals surface area contributed by atoms with Gasteiger partial charge in [-0.25, -0.2) is 0 Å². The molecule has 0 aliphatic carbocycles. The largest absolute Gasteiger partial charge is 0.453 e. The molecule has 0 aliphatic rings. The van der Waals surface area contributed by atoms with Crippen LogP contribution in [0.1, 0.15) is 32.1 Å². The highest BCUT2D eigenvalue weighted by atomic mass is 35.5. The maximum Gasteiger partial charge on any atom is 0.453 e. The van der Waals surface area contributed by atoms with Crippen LogP contribution in [0.15, 0.2) is 17.2 Å². The lowest BCUT2D eigenvalue weighted by molar-refractivity contribution is -0.284. The maximum atomic E-state index is 12.5. The summed E-state index contributed by atoms with van der Waals surface area (Å²) in [4.78, 5) is 0. The Labute approximate surface area is 122 Å². The number of allylic oxidation sites excluding steroid dienone is 1. The molecule has 0 spiro atoms. The van der Waals surface area contributed by atoms with Crippen LogP contribution in [0.2, 0.25) is 0 Å². The van der Waals surface area contributed by atoms with Crippen LogP contribution in [0.3, 0.4) is 0 Å². The van der Waals surface area contributed by atoms with Crippen LogP contribution in [0, 0.1) is 0 Å². The molecule has 0 N–H and O–H groups in total. The highest BCUT2D eigenvalue weighted by Gasteiger charge is 2.56. The van der Waals surface area contributed by atoms with E-state index in [9.17, 15) is 26.2 Å². The van der Waals surface area contributed by atoms with Crippen LogP contribution >= 0.6 is 11.6 Å². The van der Waals surface area contributed by atoms with Crippen LogP contribution in [-0.2, 0) is 10.8 Å². The van der Waals surface area contributed by atoms with Crippen molar-refractivity contribution in [2.45, 2.75) is 44.2 Å². The van der Waals surface area contributed by atoms with Gasteiger partial charge in [0.1, 0.15) is 0 Å². The second-order valence-corrected chi connectivity index (χ2v) is 5.85. The van der Waals surface area contributed by atoms with E-state index in [4.69, 9.17) is 11.6 Å². The quantitative estimate of drug-likeness (QED) is 0.256. The lowest BCUT2D eigenvalue weighted by Crippen LogP contribution is -2.36. The fourth-order valence-electron chi connectivity index (χ4n) is 1.19. The Kier molecular flexibility index (Phi) is 9.34. The highest BCUT2D eigenvalue weighted by molar-refractivity contribution is 7.87. The summed E-state index contributed by atoms with van der Waals surface area (Å²) >= 11 is 5.46. The van der Waals surface area contributed by atoms with Crippen molar-refractivity contribution in [1.29, 1.82) is 0 Å². The molecule has 0 aromatic heterocycles. The van der Waals surface area contributed by atoms with Crippen molar-refractivity contribution in [2.24, 2.45) is 0 Å². The van der Waals surface area contributed by atoms with E-state index in [1.54, 1.807) is 6.08 Å². The van der Waals surface area contributed by atoms with Gasteiger partial charge < -0.3 is 0 Å². The van der Waals surface area contributed by atoms with E-state index in [1.165, 1.54) is 5.41 Å². The molecule has 0 fully saturated rings. The van der Waals surface area contributed by atoms with Gasteiger partial charge in [0.15, 0.2) is 0 Å². The monoisotopic (exact) mass is 338 g/mol. The van der Waals surface area contributed by atoms with Gasteiger partial charge in [0.05, 0.1) is 10.8 Å². The minimum Gasteiger partial charge on any atom is -0.254 e. The molecule has 0 heterocycles. The van der Waals surface area contributed by atoms with Crippen LogP contribution in [0.25, 0.3) is 0 Å². The summed E-state index contributed by atoms with van der Waals surface area (Å²) in [7, 11) is -1.58. The van der Waals surface area contributed by atoms with E-state index in [0.717, 1.165) is 12.8 Å². The average Bonchev–Trinajstić information content (AvgIpc) is 2.32. The van der Waals surface area contributed by atoms with Gasteiger partial charge in [0.2, 0.25) is 0 Å². The first-order chi connectivity index (χ1) is 9.20. The van der Waals surface area contributed by atoms with Crippen LogP contribution in [-0.4, -0.2) is 27.9 Å². The lowest BCUT2D eigenvalue weighted by atomic mass is 10.2. The van der Waals surface area contributed by atoms with Gasteiger partial charge in [-0.1, -0.05) is 0 Å². The molecule has 0 aliphatic heterocycles. The zero-order valence-corrected chi connectivity index (χ0v) is 12.3. The predicted molar refractivity (Wildman–Crippen MR) is 70.5 cm³/mol. The number of hydrogen-bond acceptors (Lipinski definition) is 1. The molecule has 20 heavy (non-hydrogen) atoms. The van der Waals surface area contributed by atoms with Crippen molar-refractivity contribution in [3.8, 4) is 0 Å². The number of alkyl halides is 6. The van der Waals surface area contributed by atoms with Gasteiger partial charge in [-0.2, -0.15) is 22.0 Å². The number of rotatable bonds is 9. The second kappa shape index (κ2) is 9.53. The molecule has 0 rings (SSSR count). The SMILES string of the molecule is O=S(C=C=CCCCCCl)CCCC(F)(F)C(F)(F)F. The van der Waals surface area contributed by atoms with Crippen molar-refractivity contribution in [3.63, 3.8) is 0 Å². The standard InChI is InChI=1S/C12H16ClF5OS/c13-8-4-2-1-3-5-9-20(19)10-6-7-11(14,15)12(16,17)18/h3,9H,1-2,4,6-8,10H2. The normalized spacial score (nSPS) is 13.7. The third-order valence-electron chi connectivity index (χ3n) is 2.30. The number of halogens is 6. The molecule has 8 heteroatoms. The molecule has 0 saturated heterocycles. The first kappa shape index (κ1) is 19.6. The Bertz CT molecular complexity index is 361. The van der Waals surface area contributed by atoms with Crippen molar-refractivity contribution in [2.75, 3.05) is 11.6 Å². The van der Waals surface area contributed by atoms with E-state index >= 15 is 0 Å².